The third-order valence-electron chi connectivity index (χ3n) is 3.66. The third-order valence-corrected chi connectivity index (χ3v) is 3.66. The van der Waals surface area contributed by atoms with Crippen LogP contribution in [0.2, 0.25) is 0 Å². The van der Waals surface area contributed by atoms with Gasteiger partial charge in [0, 0.05) is 0 Å². The minimum atomic E-state index is -1.12. The van der Waals surface area contributed by atoms with Gasteiger partial charge in [-0.3, -0.25) is 0 Å². The molecule has 1 rings (SSSR count). The number of hydrogen-bond acceptors (Lipinski definition) is 3. The summed E-state index contributed by atoms with van der Waals surface area (Å²) in [6, 6.07) is 0. The Bertz CT molecular complexity index is 230. The fraction of sp³-hybridized carbons (Fsp3) is 1.00. The van der Waals surface area contributed by atoms with Crippen molar-refractivity contribution in [2.45, 2.75) is 77.3 Å². The molecule has 0 aromatic heterocycles. The molecule has 0 heterocycles. The second-order valence-electron chi connectivity index (χ2n) is 6.04. The van der Waals surface area contributed by atoms with E-state index in [0.29, 0.717) is 12.3 Å². The van der Waals surface area contributed by atoms with E-state index in [1.807, 2.05) is 13.8 Å². The van der Waals surface area contributed by atoms with Crippen molar-refractivity contribution in [2.24, 2.45) is 5.92 Å². The van der Waals surface area contributed by atoms with Gasteiger partial charge < -0.3 is 14.9 Å². The molecule has 0 spiro atoms. The first-order chi connectivity index (χ1) is 7.17. The number of aliphatic hydroxyl groups is 2. The van der Waals surface area contributed by atoms with Crippen LogP contribution in [0, 0.1) is 5.92 Å². The summed E-state index contributed by atoms with van der Waals surface area (Å²) in [6.07, 6.45) is 2.17. The molecule has 3 nitrogen and oxygen atoms in total. The quantitative estimate of drug-likeness (QED) is 0.780. The highest BCUT2D eigenvalue weighted by atomic mass is 16.5. The molecule has 0 amide bonds. The Kier molecular flexibility index (Phi) is 4.04. The van der Waals surface area contributed by atoms with Gasteiger partial charge in [0.25, 0.3) is 0 Å². The standard InChI is InChI=1S/C13H26O3/c1-9(2)16-11-8-10(3)6-7-13(11,15)12(4,5)14/h9-11,14-15H,6-8H2,1-5H3/t10-,11+,13+/m1/s1. The van der Waals surface area contributed by atoms with E-state index < -0.39 is 11.2 Å². The zero-order valence-corrected chi connectivity index (χ0v) is 11.2. The van der Waals surface area contributed by atoms with Gasteiger partial charge in [-0.25, -0.2) is 0 Å². The summed E-state index contributed by atoms with van der Waals surface area (Å²) in [5.74, 6) is 0.548. The van der Waals surface area contributed by atoms with Crippen LogP contribution in [-0.2, 0) is 4.74 Å². The molecule has 3 heteroatoms. The van der Waals surface area contributed by atoms with Crippen molar-refractivity contribution in [2.75, 3.05) is 0 Å². The molecule has 1 aliphatic rings. The molecule has 1 saturated carbocycles. The van der Waals surface area contributed by atoms with Crippen LogP contribution in [0.15, 0.2) is 0 Å². The van der Waals surface area contributed by atoms with Crippen molar-refractivity contribution in [1.82, 2.24) is 0 Å². The highest BCUT2D eigenvalue weighted by Gasteiger charge is 2.51. The van der Waals surface area contributed by atoms with Crippen molar-refractivity contribution in [3.63, 3.8) is 0 Å². The summed E-state index contributed by atoms with van der Waals surface area (Å²) < 4.78 is 5.79. The highest BCUT2D eigenvalue weighted by Crippen LogP contribution is 2.41. The van der Waals surface area contributed by atoms with Gasteiger partial charge in [-0.2, -0.15) is 0 Å². The lowest BCUT2D eigenvalue weighted by Crippen LogP contribution is -2.61. The Morgan fingerprint density at radius 3 is 2.38 bits per heavy atom. The van der Waals surface area contributed by atoms with Gasteiger partial charge in [0.1, 0.15) is 5.60 Å². The van der Waals surface area contributed by atoms with E-state index >= 15 is 0 Å². The van der Waals surface area contributed by atoms with E-state index in [-0.39, 0.29) is 12.2 Å². The first-order valence-corrected chi connectivity index (χ1v) is 6.27. The molecule has 0 aromatic rings. The Labute approximate surface area is 98.8 Å². The molecule has 0 aromatic carbocycles. The molecule has 96 valence electrons. The van der Waals surface area contributed by atoms with Gasteiger partial charge in [-0.05, 0) is 52.9 Å². The molecule has 1 fully saturated rings. The Morgan fingerprint density at radius 1 is 1.38 bits per heavy atom. The van der Waals surface area contributed by atoms with Gasteiger partial charge >= 0.3 is 0 Å². The van der Waals surface area contributed by atoms with Crippen LogP contribution in [0.4, 0.5) is 0 Å². The fourth-order valence-corrected chi connectivity index (χ4v) is 2.50. The van der Waals surface area contributed by atoms with Crippen molar-refractivity contribution in [1.29, 1.82) is 0 Å². The smallest absolute Gasteiger partial charge is 0.119 e. The van der Waals surface area contributed by atoms with E-state index in [1.165, 1.54) is 0 Å². The summed E-state index contributed by atoms with van der Waals surface area (Å²) in [5.41, 5.74) is -2.24. The normalized spacial score (nSPS) is 36.8. The maximum atomic E-state index is 10.7. The predicted octanol–water partition coefficient (Wildman–Crippen LogP) is 2.10. The summed E-state index contributed by atoms with van der Waals surface area (Å²) in [7, 11) is 0. The maximum Gasteiger partial charge on any atom is 0.119 e. The van der Waals surface area contributed by atoms with E-state index in [0.717, 1.165) is 12.8 Å². The van der Waals surface area contributed by atoms with Crippen molar-refractivity contribution in [3.05, 3.63) is 0 Å². The third kappa shape index (κ3) is 2.76. The number of rotatable bonds is 3. The van der Waals surface area contributed by atoms with Crippen LogP contribution in [0.3, 0.4) is 0 Å². The molecule has 2 N–H and O–H groups in total. The average molecular weight is 230 g/mol. The van der Waals surface area contributed by atoms with Crippen molar-refractivity contribution < 1.29 is 14.9 Å². The molecule has 3 atom stereocenters. The Hall–Kier alpha value is -0.120. The van der Waals surface area contributed by atoms with Gasteiger partial charge in [0.15, 0.2) is 0 Å². The molecular formula is C13H26O3. The van der Waals surface area contributed by atoms with E-state index in [2.05, 4.69) is 6.92 Å². The predicted molar refractivity (Wildman–Crippen MR) is 64.3 cm³/mol. The number of ether oxygens (including phenoxy) is 1. The molecule has 0 bridgehead atoms. The van der Waals surface area contributed by atoms with Gasteiger partial charge in [0.2, 0.25) is 0 Å². The molecule has 0 unspecified atom stereocenters. The molecule has 0 saturated heterocycles. The lowest BCUT2D eigenvalue weighted by molar-refractivity contribution is -0.229. The zero-order chi connectivity index (χ0) is 12.6. The van der Waals surface area contributed by atoms with E-state index in [1.54, 1.807) is 13.8 Å². The van der Waals surface area contributed by atoms with Crippen LogP contribution in [-0.4, -0.2) is 33.6 Å². The molecule has 0 radical (unpaired) electrons. The first-order valence-electron chi connectivity index (χ1n) is 6.27. The largest absolute Gasteiger partial charge is 0.387 e. The van der Waals surface area contributed by atoms with Crippen LogP contribution in [0.25, 0.3) is 0 Å². The minimum Gasteiger partial charge on any atom is -0.387 e. The summed E-state index contributed by atoms with van der Waals surface area (Å²) in [4.78, 5) is 0. The van der Waals surface area contributed by atoms with Crippen LogP contribution in [0.5, 0.6) is 0 Å². The first kappa shape index (κ1) is 13.9. The lowest BCUT2D eigenvalue weighted by Gasteiger charge is -2.49. The SMILES string of the molecule is CC(C)O[C@H]1C[C@H](C)CC[C@@]1(O)C(C)(C)O. The monoisotopic (exact) mass is 230 g/mol. The minimum absolute atomic E-state index is 0.0733. The van der Waals surface area contributed by atoms with E-state index in [4.69, 9.17) is 4.74 Å². The summed E-state index contributed by atoms with van der Waals surface area (Å²) in [6.45, 7) is 9.42. The Morgan fingerprint density at radius 2 is 1.94 bits per heavy atom. The molecule has 0 aliphatic heterocycles. The lowest BCUT2D eigenvalue weighted by atomic mass is 9.69. The topological polar surface area (TPSA) is 49.7 Å². The highest BCUT2D eigenvalue weighted by molar-refractivity contribution is 5.03. The van der Waals surface area contributed by atoms with E-state index in [9.17, 15) is 10.2 Å². The van der Waals surface area contributed by atoms with Crippen molar-refractivity contribution in [3.8, 4) is 0 Å². The fourth-order valence-electron chi connectivity index (χ4n) is 2.50. The van der Waals surface area contributed by atoms with Gasteiger partial charge in [-0.15, -0.1) is 0 Å². The average Bonchev–Trinajstić information content (AvgIpc) is 2.08. The van der Waals surface area contributed by atoms with Crippen LogP contribution < -0.4 is 0 Å². The van der Waals surface area contributed by atoms with Gasteiger partial charge in [-0.1, -0.05) is 6.92 Å². The number of hydrogen-bond donors (Lipinski definition) is 2. The maximum absolute atomic E-state index is 10.7. The van der Waals surface area contributed by atoms with Crippen LogP contribution in [0.1, 0.15) is 53.9 Å². The van der Waals surface area contributed by atoms with Gasteiger partial charge in [0.05, 0.1) is 17.8 Å². The van der Waals surface area contributed by atoms with Crippen LogP contribution >= 0.6 is 0 Å². The zero-order valence-electron chi connectivity index (χ0n) is 11.2. The van der Waals surface area contributed by atoms with Crippen molar-refractivity contribution >= 4 is 0 Å². The molecule has 1 aliphatic carbocycles. The molecule has 16 heavy (non-hydrogen) atoms. The Balaban J connectivity index is 2.87. The second-order valence-corrected chi connectivity index (χ2v) is 6.04. The summed E-state index contributed by atoms with van der Waals surface area (Å²) >= 11 is 0. The molecular weight excluding hydrogens is 204 g/mol. The second kappa shape index (κ2) is 4.63. The summed E-state index contributed by atoms with van der Waals surface area (Å²) in [5, 5.41) is 20.8.